The number of carbonyl (C=O) groups excluding carboxylic acids is 1. The maximum atomic E-state index is 13.7. The van der Waals surface area contributed by atoms with Gasteiger partial charge in [-0.15, -0.1) is 0 Å². The van der Waals surface area contributed by atoms with Crippen LogP contribution < -0.4 is 0 Å². The normalized spacial score (nSPS) is 14.4. The van der Waals surface area contributed by atoms with Crippen LogP contribution in [0.3, 0.4) is 0 Å². The van der Waals surface area contributed by atoms with Crippen molar-refractivity contribution in [2.45, 2.75) is 25.4 Å². The maximum absolute atomic E-state index is 13.7. The third-order valence-electron chi connectivity index (χ3n) is 5.11. The smallest absolute Gasteiger partial charge is 0.329 e. The van der Waals surface area contributed by atoms with E-state index in [9.17, 15) is 31.1 Å². The highest BCUT2D eigenvalue weighted by atomic mass is 35.5. The predicted molar refractivity (Wildman–Crippen MR) is 104 cm³/mol. The molecule has 1 aromatic heterocycles. The lowest BCUT2D eigenvalue weighted by Crippen LogP contribution is -2.38. The Kier molecular flexibility index (Phi) is 5.44. The molecule has 0 N–H and O–H groups in total. The highest BCUT2D eigenvalue weighted by Crippen LogP contribution is 2.39. The number of benzene rings is 2. The van der Waals surface area contributed by atoms with Gasteiger partial charge in [0.15, 0.2) is 5.69 Å². The van der Waals surface area contributed by atoms with E-state index in [0.717, 1.165) is 23.1 Å². The Bertz CT molecular complexity index is 1170. The summed E-state index contributed by atoms with van der Waals surface area (Å²) in [5.74, 6) is -0.830. The predicted octanol–water partition coefficient (Wildman–Crippen LogP) is 5.90. The van der Waals surface area contributed by atoms with Gasteiger partial charge in [0.05, 0.1) is 28.4 Å². The fourth-order valence-electron chi connectivity index (χ4n) is 3.68. The standard InChI is InChI=1S/C21H14ClF6N3O/c22-16-13(7-4-8-14(16)20(23,24)25)19(32)30-9-10-31-15(11-30)29-18(21(26,27)28)17(31)12-5-2-1-3-6-12/h1-8H,9-11H2. The van der Waals surface area contributed by atoms with E-state index < -0.39 is 34.5 Å². The average Bonchev–Trinajstić information content (AvgIpc) is 3.12. The minimum absolute atomic E-state index is 0.00897. The molecule has 1 aliphatic heterocycles. The topological polar surface area (TPSA) is 38.1 Å². The monoisotopic (exact) mass is 473 g/mol. The number of amides is 1. The Morgan fingerprint density at radius 2 is 1.59 bits per heavy atom. The van der Waals surface area contributed by atoms with Crippen LogP contribution in [0, 0.1) is 0 Å². The van der Waals surface area contributed by atoms with Crippen LogP contribution in [0.5, 0.6) is 0 Å². The average molecular weight is 474 g/mol. The molecule has 0 atom stereocenters. The second kappa shape index (κ2) is 7.84. The number of fused-ring (bicyclic) bond motifs is 1. The molecule has 0 fully saturated rings. The molecule has 0 bridgehead atoms. The largest absolute Gasteiger partial charge is 0.435 e. The number of hydrogen-bond acceptors (Lipinski definition) is 2. The molecule has 2 aromatic carbocycles. The van der Waals surface area contributed by atoms with Crippen molar-refractivity contribution in [2.24, 2.45) is 0 Å². The van der Waals surface area contributed by atoms with Gasteiger partial charge in [-0.05, 0) is 12.1 Å². The zero-order chi connectivity index (χ0) is 23.3. The van der Waals surface area contributed by atoms with Gasteiger partial charge < -0.3 is 9.47 Å². The van der Waals surface area contributed by atoms with E-state index in [-0.39, 0.29) is 36.7 Å². The molecule has 168 valence electrons. The van der Waals surface area contributed by atoms with E-state index in [4.69, 9.17) is 11.6 Å². The molecule has 0 spiro atoms. The van der Waals surface area contributed by atoms with Crippen LogP contribution >= 0.6 is 11.6 Å². The second-order valence-electron chi connectivity index (χ2n) is 7.13. The maximum Gasteiger partial charge on any atom is 0.435 e. The summed E-state index contributed by atoms with van der Waals surface area (Å²) in [4.78, 5) is 17.8. The van der Waals surface area contributed by atoms with Crippen molar-refractivity contribution in [2.75, 3.05) is 6.54 Å². The summed E-state index contributed by atoms with van der Waals surface area (Å²) in [6, 6.07) is 10.9. The number of nitrogens with zero attached hydrogens (tertiary/aromatic N) is 3. The van der Waals surface area contributed by atoms with Gasteiger partial charge >= 0.3 is 12.4 Å². The van der Waals surface area contributed by atoms with Crippen molar-refractivity contribution in [3.05, 3.63) is 76.2 Å². The van der Waals surface area contributed by atoms with Gasteiger partial charge in [-0.3, -0.25) is 4.79 Å². The number of halogens is 7. The van der Waals surface area contributed by atoms with Crippen molar-refractivity contribution in [1.29, 1.82) is 0 Å². The summed E-state index contributed by atoms with van der Waals surface area (Å²) in [5.41, 5.74) is -2.41. The molecule has 2 heterocycles. The minimum atomic E-state index is -4.75. The lowest BCUT2D eigenvalue weighted by Gasteiger charge is -2.29. The van der Waals surface area contributed by atoms with Crippen LogP contribution in [0.1, 0.15) is 27.4 Å². The van der Waals surface area contributed by atoms with Gasteiger partial charge in [-0.2, -0.15) is 26.3 Å². The van der Waals surface area contributed by atoms with Crippen LogP contribution in [0.25, 0.3) is 11.3 Å². The minimum Gasteiger partial charge on any atom is -0.329 e. The molecule has 4 nitrogen and oxygen atoms in total. The number of rotatable bonds is 2. The van der Waals surface area contributed by atoms with E-state index in [0.29, 0.717) is 5.56 Å². The highest BCUT2D eigenvalue weighted by Gasteiger charge is 2.41. The van der Waals surface area contributed by atoms with Crippen LogP contribution in [0.15, 0.2) is 48.5 Å². The zero-order valence-corrected chi connectivity index (χ0v) is 16.9. The third-order valence-corrected chi connectivity index (χ3v) is 5.52. The van der Waals surface area contributed by atoms with Gasteiger partial charge in [0.2, 0.25) is 0 Å². The van der Waals surface area contributed by atoms with E-state index in [1.165, 1.54) is 16.7 Å². The molecule has 0 radical (unpaired) electrons. The molecular formula is C21H14ClF6N3O. The first-order valence-electron chi connectivity index (χ1n) is 9.35. The fourth-order valence-corrected chi connectivity index (χ4v) is 3.99. The van der Waals surface area contributed by atoms with Crippen LogP contribution in [0.2, 0.25) is 5.02 Å². The van der Waals surface area contributed by atoms with Gasteiger partial charge in [0.1, 0.15) is 5.82 Å². The Balaban J connectivity index is 1.71. The van der Waals surface area contributed by atoms with Crippen molar-refractivity contribution in [3.8, 4) is 11.3 Å². The van der Waals surface area contributed by atoms with Gasteiger partial charge in [-0.25, -0.2) is 4.98 Å². The first-order valence-corrected chi connectivity index (χ1v) is 9.73. The van der Waals surface area contributed by atoms with Gasteiger partial charge in [0, 0.05) is 18.7 Å². The number of alkyl halides is 6. The van der Waals surface area contributed by atoms with Crippen molar-refractivity contribution in [3.63, 3.8) is 0 Å². The van der Waals surface area contributed by atoms with E-state index in [1.54, 1.807) is 18.2 Å². The molecular weight excluding hydrogens is 460 g/mol. The van der Waals surface area contributed by atoms with Gasteiger partial charge in [-0.1, -0.05) is 48.0 Å². The Labute approximate surface area is 183 Å². The summed E-state index contributed by atoms with van der Waals surface area (Å²) in [6.45, 7) is -0.335. The number of hydrogen-bond donors (Lipinski definition) is 0. The lowest BCUT2D eigenvalue weighted by atomic mass is 10.1. The van der Waals surface area contributed by atoms with E-state index in [2.05, 4.69) is 4.98 Å². The van der Waals surface area contributed by atoms with Crippen molar-refractivity contribution >= 4 is 17.5 Å². The summed E-state index contributed by atoms with van der Waals surface area (Å²) in [7, 11) is 0. The molecule has 32 heavy (non-hydrogen) atoms. The summed E-state index contributed by atoms with van der Waals surface area (Å²) in [6.07, 6.45) is -9.48. The molecule has 1 aliphatic rings. The van der Waals surface area contributed by atoms with E-state index >= 15 is 0 Å². The van der Waals surface area contributed by atoms with Crippen LogP contribution in [-0.4, -0.2) is 26.9 Å². The van der Waals surface area contributed by atoms with Crippen molar-refractivity contribution in [1.82, 2.24) is 14.5 Å². The first kappa shape index (κ1) is 22.2. The second-order valence-corrected chi connectivity index (χ2v) is 7.51. The number of aromatic nitrogens is 2. The Morgan fingerprint density at radius 1 is 0.906 bits per heavy atom. The molecule has 0 unspecified atom stereocenters. The molecule has 4 rings (SSSR count). The van der Waals surface area contributed by atoms with E-state index in [1.807, 2.05) is 0 Å². The van der Waals surface area contributed by atoms with Crippen LogP contribution in [-0.2, 0) is 25.4 Å². The lowest BCUT2D eigenvalue weighted by molar-refractivity contribution is -0.140. The SMILES string of the molecule is O=C(c1cccc(C(F)(F)F)c1Cl)N1CCn2c(nc(C(F)(F)F)c2-c2ccccc2)C1. The third kappa shape index (κ3) is 3.94. The summed E-state index contributed by atoms with van der Waals surface area (Å²) in [5, 5.41) is -0.750. The molecule has 3 aromatic rings. The van der Waals surface area contributed by atoms with Crippen molar-refractivity contribution < 1.29 is 31.1 Å². The molecule has 0 saturated carbocycles. The molecule has 1 amide bonds. The number of imidazole rings is 1. The molecule has 11 heteroatoms. The molecule has 0 aliphatic carbocycles. The zero-order valence-electron chi connectivity index (χ0n) is 16.1. The fraction of sp³-hybridized carbons (Fsp3) is 0.238. The molecule has 0 saturated heterocycles. The first-order chi connectivity index (χ1) is 15.0. The quantitative estimate of drug-likeness (QED) is 0.435. The van der Waals surface area contributed by atoms with Gasteiger partial charge in [0.25, 0.3) is 5.91 Å². The number of carbonyl (C=O) groups is 1. The Morgan fingerprint density at radius 3 is 2.22 bits per heavy atom. The summed E-state index contributed by atoms with van der Waals surface area (Å²) < 4.78 is 81.8. The van der Waals surface area contributed by atoms with Crippen LogP contribution in [0.4, 0.5) is 26.3 Å². The summed E-state index contributed by atoms with van der Waals surface area (Å²) >= 11 is 5.84. The highest BCUT2D eigenvalue weighted by molar-refractivity contribution is 6.34. The Hall–Kier alpha value is -3.01.